The molecule has 1 aromatic carbocycles. The quantitative estimate of drug-likeness (QED) is 0.642. The summed E-state index contributed by atoms with van der Waals surface area (Å²) >= 11 is 5.95. The first-order chi connectivity index (χ1) is 8.66. The predicted octanol–water partition coefficient (Wildman–Crippen LogP) is 2.11. The van der Waals surface area contributed by atoms with Gasteiger partial charge in [0.25, 0.3) is 0 Å². The molecule has 0 unspecified atom stereocenters. The maximum Gasteiger partial charge on any atom is 0.451 e. The Hall–Kier alpha value is -1.30. The number of allylic oxidation sites excluding steroid dienone is 2. The Labute approximate surface area is 111 Å². The smallest absolute Gasteiger partial charge is 0.427 e. The molecule has 0 amide bonds. The molecule has 0 bridgehead atoms. The number of imidazole rings is 1. The van der Waals surface area contributed by atoms with Crippen molar-refractivity contribution in [2.24, 2.45) is 0 Å². The van der Waals surface area contributed by atoms with Gasteiger partial charge in [0.2, 0.25) is 0 Å². The molecule has 2 aromatic rings. The number of halogens is 1. The standard InChI is InChI=1S/C12H14BClN2O2/c14-10-4-5-11-12(8-10)16(9-15-11)7-3-1-2-6-13(17)18/h1,3-5,8-9,17-18H,2,6-7H2/b3-1+. The summed E-state index contributed by atoms with van der Waals surface area (Å²) in [6.45, 7) is 0.693. The molecule has 1 heterocycles. The monoisotopic (exact) mass is 264 g/mol. The number of hydrogen-bond donors (Lipinski definition) is 2. The van der Waals surface area contributed by atoms with Gasteiger partial charge >= 0.3 is 7.12 Å². The summed E-state index contributed by atoms with van der Waals surface area (Å²) in [6, 6.07) is 5.59. The van der Waals surface area contributed by atoms with Gasteiger partial charge in [0, 0.05) is 11.6 Å². The van der Waals surface area contributed by atoms with Gasteiger partial charge in [0.15, 0.2) is 0 Å². The van der Waals surface area contributed by atoms with Crippen LogP contribution in [0.3, 0.4) is 0 Å². The number of rotatable bonds is 5. The van der Waals surface area contributed by atoms with E-state index in [-0.39, 0.29) is 0 Å². The van der Waals surface area contributed by atoms with Gasteiger partial charge in [-0.1, -0.05) is 23.8 Å². The molecule has 0 fully saturated rings. The predicted molar refractivity (Wildman–Crippen MR) is 73.5 cm³/mol. The summed E-state index contributed by atoms with van der Waals surface area (Å²) in [5, 5.41) is 18.1. The molecule has 0 radical (unpaired) electrons. The van der Waals surface area contributed by atoms with Crippen molar-refractivity contribution in [3.05, 3.63) is 41.7 Å². The average molecular weight is 265 g/mol. The van der Waals surface area contributed by atoms with E-state index >= 15 is 0 Å². The van der Waals surface area contributed by atoms with Crippen molar-refractivity contribution in [1.29, 1.82) is 0 Å². The van der Waals surface area contributed by atoms with Crippen molar-refractivity contribution >= 4 is 29.8 Å². The van der Waals surface area contributed by atoms with Crippen molar-refractivity contribution in [1.82, 2.24) is 9.55 Å². The zero-order valence-corrected chi connectivity index (χ0v) is 10.6. The van der Waals surface area contributed by atoms with Gasteiger partial charge in [-0.05, 0) is 30.9 Å². The third-order valence-corrected chi connectivity index (χ3v) is 2.88. The zero-order chi connectivity index (χ0) is 13.0. The highest BCUT2D eigenvalue weighted by molar-refractivity contribution is 6.40. The van der Waals surface area contributed by atoms with Crippen LogP contribution in [0.4, 0.5) is 0 Å². The summed E-state index contributed by atoms with van der Waals surface area (Å²) in [6.07, 6.45) is 6.67. The van der Waals surface area contributed by atoms with Gasteiger partial charge in [-0.3, -0.25) is 0 Å². The Balaban J connectivity index is 2.01. The van der Waals surface area contributed by atoms with E-state index in [1.807, 2.05) is 34.9 Å². The van der Waals surface area contributed by atoms with Gasteiger partial charge in [0.1, 0.15) is 0 Å². The minimum atomic E-state index is -1.23. The van der Waals surface area contributed by atoms with E-state index in [9.17, 15) is 0 Å². The van der Waals surface area contributed by atoms with Crippen molar-refractivity contribution < 1.29 is 10.0 Å². The second kappa shape index (κ2) is 6.04. The summed E-state index contributed by atoms with van der Waals surface area (Å²) < 4.78 is 1.99. The fraction of sp³-hybridized carbons (Fsp3) is 0.250. The Morgan fingerprint density at radius 3 is 2.94 bits per heavy atom. The number of aromatic nitrogens is 2. The molecule has 0 spiro atoms. The third kappa shape index (κ3) is 3.35. The SMILES string of the molecule is OB(O)CC/C=C/Cn1cnc2ccc(Cl)cc21. The molecule has 4 nitrogen and oxygen atoms in total. The summed E-state index contributed by atoms with van der Waals surface area (Å²) in [7, 11) is -1.23. The fourth-order valence-corrected chi connectivity index (χ4v) is 1.89. The van der Waals surface area contributed by atoms with E-state index in [2.05, 4.69) is 4.98 Å². The summed E-state index contributed by atoms with van der Waals surface area (Å²) in [5.74, 6) is 0. The van der Waals surface area contributed by atoms with E-state index < -0.39 is 7.12 Å². The van der Waals surface area contributed by atoms with Crippen LogP contribution in [0.15, 0.2) is 36.7 Å². The van der Waals surface area contributed by atoms with Crippen LogP contribution in [0.25, 0.3) is 11.0 Å². The first-order valence-electron chi connectivity index (χ1n) is 5.78. The molecular formula is C12H14BClN2O2. The van der Waals surface area contributed by atoms with Gasteiger partial charge in [-0.25, -0.2) is 4.98 Å². The summed E-state index contributed by atoms with van der Waals surface area (Å²) in [5.41, 5.74) is 1.91. The van der Waals surface area contributed by atoms with Crippen LogP contribution in [0.1, 0.15) is 6.42 Å². The molecule has 0 saturated heterocycles. The number of hydrogen-bond acceptors (Lipinski definition) is 3. The van der Waals surface area contributed by atoms with Crippen molar-refractivity contribution in [3.8, 4) is 0 Å². The van der Waals surface area contributed by atoms with Crippen LogP contribution in [0.5, 0.6) is 0 Å². The second-order valence-corrected chi connectivity index (χ2v) is 4.50. The van der Waals surface area contributed by atoms with Crippen molar-refractivity contribution in [2.45, 2.75) is 19.3 Å². The number of fused-ring (bicyclic) bond motifs is 1. The maximum absolute atomic E-state index is 8.70. The molecule has 18 heavy (non-hydrogen) atoms. The van der Waals surface area contributed by atoms with Crippen LogP contribution in [0.2, 0.25) is 11.3 Å². The highest BCUT2D eigenvalue weighted by atomic mass is 35.5. The molecule has 0 aliphatic heterocycles. The first kappa shape index (κ1) is 13.1. The first-order valence-corrected chi connectivity index (χ1v) is 6.16. The van der Waals surface area contributed by atoms with Crippen molar-refractivity contribution in [2.75, 3.05) is 0 Å². The molecule has 2 rings (SSSR count). The van der Waals surface area contributed by atoms with E-state index in [0.29, 0.717) is 24.3 Å². The lowest BCUT2D eigenvalue weighted by Crippen LogP contribution is -2.08. The molecule has 1 aromatic heterocycles. The van der Waals surface area contributed by atoms with Crippen molar-refractivity contribution in [3.63, 3.8) is 0 Å². The zero-order valence-electron chi connectivity index (χ0n) is 9.83. The Bertz CT molecular complexity index is 554. The molecule has 0 atom stereocenters. The lowest BCUT2D eigenvalue weighted by atomic mass is 9.84. The topological polar surface area (TPSA) is 58.3 Å². The van der Waals surface area contributed by atoms with Gasteiger partial charge < -0.3 is 14.6 Å². The molecule has 94 valence electrons. The van der Waals surface area contributed by atoms with E-state index in [1.54, 1.807) is 6.33 Å². The molecular weight excluding hydrogens is 250 g/mol. The molecule has 0 aliphatic rings. The molecule has 6 heteroatoms. The van der Waals surface area contributed by atoms with Crippen LogP contribution >= 0.6 is 11.6 Å². The number of benzene rings is 1. The van der Waals surface area contributed by atoms with Crippen LogP contribution in [-0.2, 0) is 6.54 Å². The lowest BCUT2D eigenvalue weighted by molar-refractivity contribution is 0.405. The fourth-order valence-electron chi connectivity index (χ4n) is 1.73. The van der Waals surface area contributed by atoms with Crippen LogP contribution < -0.4 is 0 Å². The molecule has 2 N–H and O–H groups in total. The minimum absolute atomic E-state index is 0.354. The Morgan fingerprint density at radius 2 is 2.17 bits per heavy atom. The second-order valence-electron chi connectivity index (χ2n) is 4.06. The Morgan fingerprint density at radius 1 is 1.33 bits per heavy atom. The average Bonchev–Trinajstić information content (AvgIpc) is 2.71. The highest BCUT2D eigenvalue weighted by Gasteiger charge is 2.03. The van der Waals surface area contributed by atoms with E-state index in [1.165, 1.54) is 0 Å². The van der Waals surface area contributed by atoms with E-state index in [0.717, 1.165) is 11.0 Å². The number of nitrogens with zero attached hydrogens (tertiary/aromatic N) is 2. The largest absolute Gasteiger partial charge is 0.451 e. The maximum atomic E-state index is 8.70. The van der Waals surface area contributed by atoms with Crippen LogP contribution in [-0.4, -0.2) is 26.7 Å². The normalized spacial score (nSPS) is 11.5. The van der Waals surface area contributed by atoms with Gasteiger partial charge in [-0.15, -0.1) is 0 Å². The van der Waals surface area contributed by atoms with E-state index in [4.69, 9.17) is 21.6 Å². The molecule has 0 saturated carbocycles. The molecule has 0 aliphatic carbocycles. The van der Waals surface area contributed by atoms with Gasteiger partial charge in [0.05, 0.1) is 17.4 Å². The third-order valence-electron chi connectivity index (χ3n) is 2.64. The van der Waals surface area contributed by atoms with Crippen LogP contribution in [0, 0.1) is 0 Å². The minimum Gasteiger partial charge on any atom is -0.427 e. The summed E-state index contributed by atoms with van der Waals surface area (Å²) in [4.78, 5) is 4.28. The Kier molecular flexibility index (Phi) is 4.41. The van der Waals surface area contributed by atoms with Gasteiger partial charge in [-0.2, -0.15) is 0 Å². The highest BCUT2D eigenvalue weighted by Crippen LogP contribution is 2.18. The lowest BCUT2D eigenvalue weighted by Gasteiger charge is -2.00.